The molecule has 1 heterocycles. The van der Waals surface area contributed by atoms with Gasteiger partial charge in [0, 0.05) is 6.04 Å². The van der Waals surface area contributed by atoms with Gasteiger partial charge in [-0.25, -0.2) is 0 Å². The quantitative estimate of drug-likeness (QED) is 0.864. The van der Waals surface area contributed by atoms with Gasteiger partial charge in [0.2, 0.25) is 5.91 Å². The molecule has 1 fully saturated rings. The van der Waals surface area contributed by atoms with E-state index in [-0.39, 0.29) is 18.1 Å². The van der Waals surface area contributed by atoms with Crippen molar-refractivity contribution in [2.24, 2.45) is 0 Å². The van der Waals surface area contributed by atoms with Crippen LogP contribution in [0.15, 0.2) is 24.3 Å². The van der Waals surface area contributed by atoms with Crippen LogP contribution in [0.25, 0.3) is 0 Å². The van der Waals surface area contributed by atoms with Gasteiger partial charge >= 0.3 is 0 Å². The zero-order chi connectivity index (χ0) is 15.4. The normalized spacial score (nSPS) is 23.6. The van der Waals surface area contributed by atoms with E-state index in [1.165, 1.54) is 11.1 Å². The van der Waals surface area contributed by atoms with Gasteiger partial charge in [0.15, 0.2) is 0 Å². The fourth-order valence-corrected chi connectivity index (χ4v) is 3.30. The summed E-state index contributed by atoms with van der Waals surface area (Å²) in [5.74, 6) is 0.268. The summed E-state index contributed by atoms with van der Waals surface area (Å²) in [5.41, 5.74) is 2.44. The van der Waals surface area contributed by atoms with E-state index in [1.54, 1.807) is 0 Å². The molecule has 3 unspecified atom stereocenters. The fraction of sp³-hybridized carbons (Fsp3) is 0.611. The lowest BCUT2D eigenvalue weighted by Gasteiger charge is -2.32. The summed E-state index contributed by atoms with van der Waals surface area (Å²) in [4.78, 5) is 14.8. The Morgan fingerprint density at radius 2 is 2.05 bits per heavy atom. The van der Waals surface area contributed by atoms with Gasteiger partial charge in [-0.1, -0.05) is 57.0 Å². The van der Waals surface area contributed by atoms with Gasteiger partial charge in [-0.2, -0.15) is 0 Å². The van der Waals surface area contributed by atoms with Crippen molar-refractivity contribution >= 4 is 5.91 Å². The molecular weight excluding hydrogens is 260 g/mol. The molecule has 2 rings (SSSR count). The highest BCUT2D eigenvalue weighted by atomic mass is 16.2. The second-order valence-electron chi connectivity index (χ2n) is 6.04. The second kappa shape index (κ2) is 7.08. The molecule has 0 aliphatic carbocycles. The van der Waals surface area contributed by atoms with Crippen LogP contribution in [0.3, 0.4) is 0 Å². The molecule has 0 radical (unpaired) electrons. The highest BCUT2D eigenvalue weighted by Crippen LogP contribution is 2.31. The minimum absolute atomic E-state index is 0.0267. The van der Waals surface area contributed by atoms with Gasteiger partial charge in [-0.3, -0.25) is 10.1 Å². The summed E-state index contributed by atoms with van der Waals surface area (Å²) >= 11 is 0. The van der Waals surface area contributed by atoms with Crippen molar-refractivity contribution in [2.45, 2.75) is 71.6 Å². The predicted octanol–water partition coefficient (Wildman–Crippen LogP) is 3.78. The molecule has 1 aliphatic rings. The largest absolute Gasteiger partial charge is 0.319 e. The van der Waals surface area contributed by atoms with Crippen LogP contribution in [0.4, 0.5) is 0 Å². The average molecular weight is 288 g/mol. The molecule has 1 aromatic rings. The number of carbonyl (C=O) groups is 1. The lowest BCUT2D eigenvalue weighted by Crippen LogP contribution is -2.39. The molecule has 0 saturated carbocycles. The summed E-state index contributed by atoms with van der Waals surface area (Å²) in [6, 6.07) is 8.79. The van der Waals surface area contributed by atoms with Crippen LogP contribution in [0, 0.1) is 6.92 Å². The van der Waals surface area contributed by atoms with E-state index in [9.17, 15) is 4.79 Å². The Bertz CT molecular complexity index is 486. The summed E-state index contributed by atoms with van der Waals surface area (Å²) in [6.45, 7) is 8.55. The molecule has 0 spiro atoms. The van der Waals surface area contributed by atoms with Gasteiger partial charge in [0.05, 0.1) is 6.04 Å². The van der Waals surface area contributed by atoms with Crippen LogP contribution in [0.1, 0.15) is 63.7 Å². The molecule has 0 bridgehead atoms. The number of rotatable bonds is 6. The number of hydrogen-bond donors (Lipinski definition) is 1. The third-order valence-corrected chi connectivity index (χ3v) is 4.44. The SMILES string of the molecule is CCCC(CC)N1C(=O)C(CC)NC1c1cccc(C)c1. The van der Waals surface area contributed by atoms with Crippen molar-refractivity contribution in [3.05, 3.63) is 35.4 Å². The van der Waals surface area contributed by atoms with Crippen LogP contribution >= 0.6 is 0 Å². The molecule has 1 amide bonds. The lowest BCUT2D eigenvalue weighted by molar-refractivity contribution is -0.132. The molecule has 116 valence electrons. The van der Waals surface area contributed by atoms with Gasteiger partial charge in [0.25, 0.3) is 0 Å². The molecule has 3 nitrogen and oxygen atoms in total. The standard InChI is InChI=1S/C18H28N2O/c1-5-9-15(6-2)20-17(19-16(7-3)18(20)21)14-11-8-10-13(4)12-14/h8,10-12,15-17,19H,5-7,9H2,1-4H3. The zero-order valence-electron chi connectivity index (χ0n) is 13.7. The van der Waals surface area contributed by atoms with Crippen LogP contribution in [-0.4, -0.2) is 22.9 Å². The minimum atomic E-state index is -0.0404. The monoisotopic (exact) mass is 288 g/mol. The molecule has 1 saturated heterocycles. The topological polar surface area (TPSA) is 32.3 Å². The summed E-state index contributed by atoms with van der Waals surface area (Å²) < 4.78 is 0. The Morgan fingerprint density at radius 1 is 1.29 bits per heavy atom. The third kappa shape index (κ3) is 3.29. The van der Waals surface area contributed by atoms with Crippen molar-refractivity contribution in [2.75, 3.05) is 0 Å². The molecule has 3 heteroatoms. The van der Waals surface area contributed by atoms with Crippen molar-refractivity contribution in [3.8, 4) is 0 Å². The number of hydrogen-bond acceptors (Lipinski definition) is 2. The van der Waals surface area contributed by atoms with Crippen LogP contribution in [0.5, 0.6) is 0 Å². The first-order valence-electron chi connectivity index (χ1n) is 8.27. The predicted molar refractivity (Wildman–Crippen MR) is 87.0 cm³/mol. The maximum Gasteiger partial charge on any atom is 0.241 e. The lowest BCUT2D eigenvalue weighted by atomic mass is 10.0. The molecule has 21 heavy (non-hydrogen) atoms. The number of nitrogens with one attached hydrogen (secondary N) is 1. The van der Waals surface area contributed by atoms with Crippen molar-refractivity contribution in [3.63, 3.8) is 0 Å². The Kier molecular flexibility index (Phi) is 5.40. The number of amides is 1. The maximum atomic E-state index is 12.7. The smallest absolute Gasteiger partial charge is 0.241 e. The van der Waals surface area contributed by atoms with Crippen molar-refractivity contribution < 1.29 is 4.79 Å². The zero-order valence-corrected chi connectivity index (χ0v) is 13.7. The number of carbonyl (C=O) groups excluding carboxylic acids is 1. The number of aryl methyl sites for hydroxylation is 1. The second-order valence-corrected chi connectivity index (χ2v) is 6.04. The first-order valence-corrected chi connectivity index (χ1v) is 8.27. The first kappa shape index (κ1) is 16.0. The number of benzene rings is 1. The summed E-state index contributed by atoms with van der Waals surface area (Å²) in [7, 11) is 0. The Labute approximate surface area is 128 Å². The van der Waals surface area contributed by atoms with E-state index in [2.05, 4.69) is 62.2 Å². The summed E-state index contributed by atoms with van der Waals surface area (Å²) in [6.07, 6.45) is 4.07. The van der Waals surface area contributed by atoms with Gasteiger partial charge < -0.3 is 4.90 Å². The van der Waals surface area contributed by atoms with E-state index in [0.29, 0.717) is 6.04 Å². The Balaban J connectivity index is 2.34. The van der Waals surface area contributed by atoms with E-state index in [4.69, 9.17) is 0 Å². The minimum Gasteiger partial charge on any atom is -0.319 e. The Hall–Kier alpha value is -1.35. The molecule has 1 aliphatic heterocycles. The summed E-state index contributed by atoms with van der Waals surface area (Å²) in [5, 5.41) is 3.53. The van der Waals surface area contributed by atoms with Gasteiger partial charge in [-0.15, -0.1) is 0 Å². The van der Waals surface area contributed by atoms with Gasteiger partial charge in [0.1, 0.15) is 6.17 Å². The highest BCUT2D eigenvalue weighted by Gasteiger charge is 2.41. The van der Waals surface area contributed by atoms with Crippen molar-refractivity contribution in [1.82, 2.24) is 10.2 Å². The van der Waals surface area contributed by atoms with Crippen LogP contribution in [0.2, 0.25) is 0 Å². The molecule has 3 atom stereocenters. The number of nitrogens with zero attached hydrogens (tertiary/aromatic N) is 1. The highest BCUT2D eigenvalue weighted by molar-refractivity contribution is 5.84. The molecular formula is C18H28N2O. The fourth-order valence-electron chi connectivity index (χ4n) is 3.30. The van der Waals surface area contributed by atoms with Gasteiger partial charge in [-0.05, 0) is 31.7 Å². The first-order chi connectivity index (χ1) is 10.1. The third-order valence-electron chi connectivity index (χ3n) is 4.44. The Morgan fingerprint density at radius 3 is 2.62 bits per heavy atom. The molecule has 1 N–H and O–H groups in total. The maximum absolute atomic E-state index is 12.7. The van der Waals surface area contributed by atoms with E-state index >= 15 is 0 Å². The van der Waals surface area contributed by atoms with Crippen LogP contribution in [-0.2, 0) is 4.79 Å². The van der Waals surface area contributed by atoms with Crippen LogP contribution < -0.4 is 5.32 Å². The van der Waals surface area contributed by atoms with Crippen molar-refractivity contribution in [1.29, 1.82) is 0 Å². The molecule has 0 aromatic heterocycles. The van der Waals surface area contributed by atoms with E-state index in [0.717, 1.165) is 25.7 Å². The van der Waals surface area contributed by atoms with E-state index < -0.39 is 0 Å². The molecule has 1 aromatic carbocycles. The van der Waals surface area contributed by atoms with E-state index in [1.807, 2.05) is 0 Å². The average Bonchev–Trinajstić information content (AvgIpc) is 2.81.